The molecule has 3 rings (SSSR count). The fourth-order valence-corrected chi connectivity index (χ4v) is 2.97. The van der Waals surface area contributed by atoms with E-state index in [0.29, 0.717) is 18.0 Å². The summed E-state index contributed by atoms with van der Waals surface area (Å²) >= 11 is 1.69. The second-order valence-corrected chi connectivity index (χ2v) is 5.88. The van der Waals surface area contributed by atoms with Crippen molar-refractivity contribution in [2.45, 2.75) is 18.4 Å². The van der Waals surface area contributed by atoms with Gasteiger partial charge in [0.05, 0.1) is 0 Å². The molecular weight excluding hydrogens is 314 g/mol. The van der Waals surface area contributed by atoms with Crippen LogP contribution >= 0.6 is 11.8 Å². The molecule has 7 nitrogen and oxygen atoms in total. The number of hydrogen-bond donors (Lipinski definition) is 1. The summed E-state index contributed by atoms with van der Waals surface area (Å²) in [4.78, 5) is 15.6. The highest BCUT2D eigenvalue weighted by Crippen LogP contribution is 2.23. The van der Waals surface area contributed by atoms with Gasteiger partial charge < -0.3 is 15.4 Å². The fourth-order valence-electron chi connectivity index (χ4n) is 2.26. The van der Waals surface area contributed by atoms with Crippen molar-refractivity contribution in [3.63, 3.8) is 0 Å². The Labute approximate surface area is 136 Å². The number of benzene rings is 1. The Morgan fingerprint density at radius 3 is 2.91 bits per heavy atom. The van der Waals surface area contributed by atoms with Crippen molar-refractivity contribution in [1.82, 2.24) is 14.6 Å². The van der Waals surface area contributed by atoms with Crippen LogP contribution in [0.15, 0.2) is 41.4 Å². The lowest BCUT2D eigenvalue weighted by Crippen LogP contribution is -2.06. The van der Waals surface area contributed by atoms with Crippen LogP contribution in [0.3, 0.4) is 0 Å². The number of aromatic nitrogens is 3. The molecule has 0 amide bonds. The molecule has 0 aliphatic heterocycles. The van der Waals surface area contributed by atoms with Crippen LogP contribution in [0.4, 0.5) is 11.6 Å². The lowest BCUT2D eigenvalue weighted by Gasteiger charge is -2.09. The molecular formula is C15H15N5O2S. The molecule has 0 saturated heterocycles. The average Bonchev–Trinajstić information content (AvgIpc) is 2.96. The Hall–Kier alpha value is -2.61. The van der Waals surface area contributed by atoms with Crippen molar-refractivity contribution < 1.29 is 4.92 Å². The van der Waals surface area contributed by atoms with Crippen molar-refractivity contribution in [1.29, 1.82) is 0 Å². The molecule has 0 spiro atoms. The summed E-state index contributed by atoms with van der Waals surface area (Å²) in [7, 11) is 0. The van der Waals surface area contributed by atoms with Gasteiger partial charge in [-0.1, -0.05) is 21.7 Å². The molecule has 23 heavy (non-hydrogen) atoms. The van der Waals surface area contributed by atoms with Gasteiger partial charge in [-0.2, -0.15) is 0 Å². The van der Waals surface area contributed by atoms with Crippen LogP contribution < -0.4 is 5.32 Å². The quantitative estimate of drug-likeness (QED) is 0.439. The van der Waals surface area contributed by atoms with Crippen LogP contribution in [0, 0.1) is 17.0 Å². The third-order valence-corrected chi connectivity index (χ3v) is 4.25. The zero-order valence-corrected chi connectivity index (χ0v) is 13.5. The third kappa shape index (κ3) is 3.11. The van der Waals surface area contributed by atoms with Crippen molar-refractivity contribution in [3.05, 3.63) is 57.8 Å². The molecule has 2 aromatic heterocycles. The standard InChI is InChI=1S/C15H15N5O2S/c1-10-3-4-11(12(7-10)23-2)8-16-13-5-6-14-17-9-15(20(21)22)19(14)18-13/h3-7,9H,8H2,1-2H3,(H,16,18). The molecule has 3 aromatic rings. The topological polar surface area (TPSA) is 85.4 Å². The van der Waals surface area contributed by atoms with Gasteiger partial charge in [0.25, 0.3) is 0 Å². The fraction of sp³-hybridized carbons (Fsp3) is 0.200. The van der Waals surface area contributed by atoms with E-state index in [0.717, 1.165) is 5.56 Å². The number of anilines is 1. The second kappa shape index (κ2) is 6.25. The molecule has 118 valence electrons. The molecule has 0 fully saturated rings. The summed E-state index contributed by atoms with van der Waals surface area (Å²) in [6, 6.07) is 9.74. The first kappa shape index (κ1) is 15.3. The highest BCUT2D eigenvalue weighted by Gasteiger charge is 2.16. The molecule has 1 N–H and O–H groups in total. The normalized spacial score (nSPS) is 10.9. The minimum absolute atomic E-state index is 0.149. The Kier molecular flexibility index (Phi) is 4.16. The van der Waals surface area contributed by atoms with Gasteiger partial charge in [0.15, 0.2) is 5.82 Å². The van der Waals surface area contributed by atoms with Crippen LogP contribution in [0.2, 0.25) is 0 Å². The number of imidazole rings is 1. The van der Waals surface area contributed by atoms with E-state index >= 15 is 0 Å². The number of nitrogens with zero attached hydrogens (tertiary/aromatic N) is 4. The predicted molar refractivity (Wildman–Crippen MR) is 89.9 cm³/mol. The Bertz CT molecular complexity index is 877. The van der Waals surface area contributed by atoms with Crippen molar-refractivity contribution in [2.75, 3.05) is 11.6 Å². The third-order valence-electron chi connectivity index (χ3n) is 3.43. The SMILES string of the molecule is CSc1cc(C)ccc1CNc1ccc2ncc([N+](=O)[O-])n2n1. The predicted octanol–water partition coefficient (Wildman–Crippen LogP) is 3.28. The summed E-state index contributed by atoms with van der Waals surface area (Å²) in [5, 5.41) is 18.4. The largest absolute Gasteiger partial charge is 0.368 e. The molecule has 0 unspecified atom stereocenters. The number of fused-ring (bicyclic) bond motifs is 1. The van der Waals surface area contributed by atoms with Gasteiger partial charge in [0.2, 0.25) is 5.65 Å². The van der Waals surface area contributed by atoms with Crippen molar-refractivity contribution >= 4 is 29.0 Å². The zero-order chi connectivity index (χ0) is 16.4. The molecule has 0 atom stereocenters. The van der Waals surface area contributed by atoms with Crippen molar-refractivity contribution in [2.24, 2.45) is 0 Å². The van der Waals surface area contributed by atoms with Gasteiger partial charge >= 0.3 is 5.82 Å². The Morgan fingerprint density at radius 2 is 2.17 bits per heavy atom. The lowest BCUT2D eigenvalue weighted by molar-refractivity contribution is -0.391. The van der Waals surface area contributed by atoms with Gasteiger partial charge in [0.1, 0.15) is 6.20 Å². The molecule has 1 aromatic carbocycles. The number of hydrogen-bond acceptors (Lipinski definition) is 6. The molecule has 0 saturated carbocycles. The van der Waals surface area contributed by atoms with Crippen LogP contribution in [-0.2, 0) is 6.54 Å². The Balaban J connectivity index is 1.84. The smallest absolute Gasteiger partial charge is 0.363 e. The highest BCUT2D eigenvalue weighted by atomic mass is 32.2. The first-order valence-electron chi connectivity index (χ1n) is 6.95. The van der Waals surface area contributed by atoms with E-state index in [2.05, 4.69) is 40.5 Å². The monoisotopic (exact) mass is 329 g/mol. The summed E-state index contributed by atoms with van der Waals surface area (Å²) in [5.74, 6) is 0.412. The van der Waals surface area contributed by atoms with E-state index in [1.54, 1.807) is 23.9 Å². The number of nitro groups is 1. The second-order valence-electron chi connectivity index (χ2n) is 5.03. The van der Waals surface area contributed by atoms with E-state index in [4.69, 9.17) is 0 Å². The summed E-state index contributed by atoms with van der Waals surface area (Å²) in [6.45, 7) is 2.65. The van der Waals surface area contributed by atoms with E-state index in [9.17, 15) is 10.1 Å². The maximum Gasteiger partial charge on any atom is 0.368 e. The zero-order valence-electron chi connectivity index (χ0n) is 12.7. The maximum absolute atomic E-state index is 11.0. The molecule has 8 heteroatoms. The summed E-state index contributed by atoms with van der Waals surface area (Å²) in [6.07, 6.45) is 3.25. The van der Waals surface area contributed by atoms with Crippen molar-refractivity contribution in [3.8, 4) is 0 Å². The van der Waals surface area contributed by atoms with Gasteiger partial charge in [-0.05, 0) is 41.4 Å². The van der Waals surface area contributed by atoms with Crippen LogP contribution in [0.1, 0.15) is 11.1 Å². The lowest BCUT2D eigenvalue weighted by atomic mass is 10.1. The van der Waals surface area contributed by atoms with E-state index in [1.807, 2.05) is 6.26 Å². The minimum Gasteiger partial charge on any atom is -0.363 e. The molecule has 0 bridgehead atoms. The summed E-state index contributed by atoms with van der Waals surface area (Å²) in [5.41, 5.74) is 2.82. The van der Waals surface area contributed by atoms with Gasteiger partial charge in [0, 0.05) is 17.5 Å². The maximum atomic E-state index is 11.0. The molecule has 2 heterocycles. The van der Waals surface area contributed by atoms with E-state index in [-0.39, 0.29) is 5.82 Å². The number of nitrogens with one attached hydrogen (secondary N) is 1. The number of rotatable bonds is 5. The van der Waals surface area contributed by atoms with E-state index < -0.39 is 4.92 Å². The highest BCUT2D eigenvalue weighted by molar-refractivity contribution is 7.98. The number of aryl methyl sites for hydroxylation is 1. The van der Waals surface area contributed by atoms with Crippen LogP contribution in [0.5, 0.6) is 0 Å². The Morgan fingerprint density at radius 1 is 1.35 bits per heavy atom. The van der Waals surface area contributed by atoms with Gasteiger partial charge in [-0.15, -0.1) is 11.8 Å². The van der Waals surface area contributed by atoms with Crippen LogP contribution in [-0.4, -0.2) is 25.8 Å². The first-order valence-corrected chi connectivity index (χ1v) is 8.17. The molecule has 0 aliphatic carbocycles. The van der Waals surface area contributed by atoms with Crippen LogP contribution in [0.25, 0.3) is 5.65 Å². The average molecular weight is 329 g/mol. The minimum atomic E-state index is -0.497. The first-order chi connectivity index (χ1) is 11.1. The number of thioether (sulfide) groups is 1. The summed E-state index contributed by atoms with van der Waals surface area (Å²) < 4.78 is 1.23. The van der Waals surface area contributed by atoms with Gasteiger partial charge in [-0.25, -0.2) is 4.98 Å². The molecule has 0 radical (unpaired) electrons. The van der Waals surface area contributed by atoms with E-state index in [1.165, 1.54) is 21.2 Å². The van der Waals surface area contributed by atoms with Gasteiger partial charge in [-0.3, -0.25) is 0 Å². The molecule has 0 aliphatic rings.